The van der Waals surface area contributed by atoms with Gasteiger partial charge in [-0.15, -0.1) is 0 Å². The summed E-state index contributed by atoms with van der Waals surface area (Å²) in [5, 5.41) is 14.4. The largest absolute Gasteiger partial charge is 0.375 e. The normalized spacial score (nSPS) is 17.2. The molecule has 0 unspecified atom stereocenters. The number of nitro groups is 1. The first-order chi connectivity index (χ1) is 14.1. The van der Waals surface area contributed by atoms with Gasteiger partial charge in [-0.05, 0) is 55.7 Å². The topological polar surface area (TPSA) is 92.6 Å². The van der Waals surface area contributed by atoms with Gasteiger partial charge in [-0.1, -0.05) is 0 Å². The van der Waals surface area contributed by atoms with E-state index in [2.05, 4.69) is 5.32 Å². The van der Waals surface area contributed by atoms with Crippen LogP contribution in [0.4, 0.5) is 30.2 Å². The Morgan fingerprint density at radius 3 is 2.60 bits per heavy atom. The maximum Gasteiger partial charge on any atom is 0.341 e. The predicted octanol–water partition coefficient (Wildman–Crippen LogP) is 4.12. The second-order valence-corrected chi connectivity index (χ2v) is 9.02. The quantitative estimate of drug-likeness (QED) is 0.533. The maximum absolute atomic E-state index is 13.4. The van der Waals surface area contributed by atoms with Crippen LogP contribution in [0.1, 0.15) is 18.4 Å². The van der Waals surface area contributed by atoms with Crippen molar-refractivity contribution in [3.63, 3.8) is 0 Å². The number of alkyl halides is 2. The van der Waals surface area contributed by atoms with Crippen LogP contribution < -0.4 is 10.2 Å². The summed E-state index contributed by atoms with van der Waals surface area (Å²) in [6.45, 7) is 3.02. The van der Waals surface area contributed by atoms with E-state index in [9.17, 15) is 31.7 Å². The number of rotatable bonds is 6. The molecule has 162 valence electrons. The summed E-state index contributed by atoms with van der Waals surface area (Å²) >= 11 is 0. The lowest BCUT2D eigenvalue weighted by molar-refractivity contribution is -0.384. The van der Waals surface area contributed by atoms with Crippen LogP contribution in [0.2, 0.25) is 0 Å². The van der Waals surface area contributed by atoms with Gasteiger partial charge in [-0.25, -0.2) is 12.8 Å². The monoisotopic (exact) mass is 443 g/mol. The number of nitro benzene ring substituents is 1. The van der Waals surface area contributed by atoms with Gasteiger partial charge in [0.2, 0.25) is 9.84 Å². The van der Waals surface area contributed by atoms with E-state index >= 15 is 0 Å². The van der Waals surface area contributed by atoms with Crippen molar-refractivity contribution in [2.45, 2.75) is 36.5 Å². The number of hydrogen-bond donors (Lipinski definition) is 1. The van der Waals surface area contributed by atoms with Crippen LogP contribution in [-0.2, 0) is 9.84 Å². The van der Waals surface area contributed by atoms with Gasteiger partial charge in [0.05, 0.1) is 9.82 Å². The molecule has 0 radical (unpaired) electrons. The zero-order valence-electron chi connectivity index (χ0n) is 16.0. The minimum Gasteiger partial charge on any atom is -0.375 e. The highest BCUT2D eigenvalue weighted by Gasteiger charge is 2.30. The number of sulfone groups is 1. The fourth-order valence-electron chi connectivity index (χ4n) is 3.57. The third kappa shape index (κ3) is 4.50. The molecule has 2 aromatic rings. The second-order valence-electron chi connectivity index (χ2n) is 7.10. The third-order valence-electron chi connectivity index (χ3n) is 5.01. The van der Waals surface area contributed by atoms with Gasteiger partial charge in [-0.3, -0.25) is 10.1 Å². The average Bonchev–Trinajstić information content (AvgIpc) is 2.68. The molecule has 0 amide bonds. The number of nitrogens with zero attached hydrogens (tertiary/aromatic N) is 2. The summed E-state index contributed by atoms with van der Waals surface area (Å²) in [5.74, 6) is -4.00. The number of piperidine rings is 1. The zero-order chi connectivity index (χ0) is 22.1. The summed E-state index contributed by atoms with van der Waals surface area (Å²) in [5.41, 5.74) is 1.08. The van der Waals surface area contributed by atoms with Gasteiger partial charge in [0.25, 0.3) is 5.69 Å². The van der Waals surface area contributed by atoms with Crippen LogP contribution in [0.5, 0.6) is 0 Å². The Kier molecular flexibility index (Phi) is 6.20. The van der Waals surface area contributed by atoms with Crippen LogP contribution in [0.15, 0.2) is 41.3 Å². The van der Waals surface area contributed by atoms with Crippen LogP contribution in [0.25, 0.3) is 0 Å². The molecular weight excluding hydrogens is 423 g/mol. The highest BCUT2D eigenvalue weighted by molar-refractivity contribution is 7.91. The van der Waals surface area contributed by atoms with E-state index in [0.29, 0.717) is 19.0 Å². The van der Waals surface area contributed by atoms with E-state index in [0.717, 1.165) is 36.3 Å². The molecule has 30 heavy (non-hydrogen) atoms. The van der Waals surface area contributed by atoms with E-state index in [-0.39, 0.29) is 17.5 Å². The van der Waals surface area contributed by atoms with Crippen molar-refractivity contribution < 1.29 is 26.5 Å². The molecule has 1 N–H and O–H groups in total. The lowest BCUT2D eigenvalue weighted by Gasteiger charge is -2.36. The van der Waals surface area contributed by atoms with Crippen LogP contribution >= 0.6 is 0 Å². The van der Waals surface area contributed by atoms with Crippen molar-refractivity contribution in [2.75, 3.05) is 23.3 Å². The molecule has 1 heterocycles. The van der Waals surface area contributed by atoms with Gasteiger partial charge >= 0.3 is 5.76 Å². The van der Waals surface area contributed by atoms with Crippen molar-refractivity contribution in [3.05, 3.63) is 57.9 Å². The highest BCUT2D eigenvalue weighted by atomic mass is 32.2. The molecule has 0 aromatic heterocycles. The fraction of sp³-hybridized carbons (Fsp3) is 0.368. The van der Waals surface area contributed by atoms with Gasteiger partial charge in [0.1, 0.15) is 11.5 Å². The first-order valence-corrected chi connectivity index (χ1v) is 10.7. The molecule has 1 aliphatic heterocycles. The maximum atomic E-state index is 13.4. The van der Waals surface area contributed by atoms with E-state index in [4.69, 9.17) is 0 Å². The summed E-state index contributed by atoms with van der Waals surface area (Å²) < 4.78 is 62.2. The molecule has 2 aromatic carbocycles. The minimum absolute atomic E-state index is 0.0518. The molecule has 0 aliphatic carbocycles. The third-order valence-corrected chi connectivity index (χ3v) is 6.39. The second kappa shape index (κ2) is 8.50. The molecule has 0 saturated carbocycles. The summed E-state index contributed by atoms with van der Waals surface area (Å²) in [6.07, 6.45) is 1.48. The average molecular weight is 443 g/mol. The Balaban J connectivity index is 1.84. The molecule has 1 saturated heterocycles. The van der Waals surface area contributed by atoms with Crippen molar-refractivity contribution >= 4 is 26.9 Å². The number of halogens is 3. The molecule has 1 fully saturated rings. The number of aryl methyl sites for hydroxylation is 1. The number of nitrogens with one attached hydrogen (secondary N) is 1. The molecule has 11 heteroatoms. The Labute approximate surface area is 171 Å². The molecule has 1 atom stereocenters. The van der Waals surface area contributed by atoms with Crippen LogP contribution in [0, 0.1) is 22.9 Å². The van der Waals surface area contributed by atoms with Crippen LogP contribution in [0.3, 0.4) is 0 Å². The first-order valence-electron chi connectivity index (χ1n) is 9.17. The molecule has 0 bridgehead atoms. The molecular formula is C19H20F3N3O4S. The molecule has 0 spiro atoms. The number of hydrogen-bond acceptors (Lipinski definition) is 6. The van der Waals surface area contributed by atoms with Gasteiger partial charge in [0.15, 0.2) is 0 Å². The van der Waals surface area contributed by atoms with Crippen molar-refractivity contribution in [2.24, 2.45) is 0 Å². The Morgan fingerprint density at radius 1 is 1.23 bits per heavy atom. The molecule has 1 aliphatic rings. The SMILES string of the molecule is Cc1cc(F)ccc1N1CCC[C@H](Nc2ccc(S(=O)(=O)C(F)F)cc2[N+](=O)[O-])C1. The first kappa shape index (κ1) is 21.9. The summed E-state index contributed by atoms with van der Waals surface area (Å²) in [4.78, 5) is 11.8. The lowest BCUT2D eigenvalue weighted by Crippen LogP contribution is -2.42. The van der Waals surface area contributed by atoms with E-state index < -0.39 is 31.1 Å². The standard InChI is InChI=1S/C19H20F3N3O4S/c1-12-9-13(20)4-7-17(12)24-8-2-3-14(11-24)23-16-6-5-15(10-18(16)25(26)27)30(28,29)19(21)22/h4-7,9-10,14,19,23H,2-3,8,11H2,1H3/t14-/m0/s1. The number of anilines is 2. The van der Waals surface area contributed by atoms with Crippen molar-refractivity contribution in [1.82, 2.24) is 0 Å². The fourth-order valence-corrected chi connectivity index (χ4v) is 4.31. The minimum atomic E-state index is -4.94. The molecule has 3 rings (SSSR count). The predicted molar refractivity (Wildman–Crippen MR) is 106 cm³/mol. The number of benzene rings is 2. The van der Waals surface area contributed by atoms with E-state index in [1.807, 2.05) is 4.90 Å². The smallest absolute Gasteiger partial charge is 0.341 e. The summed E-state index contributed by atoms with van der Waals surface area (Å²) in [7, 11) is -4.94. The Hall–Kier alpha value is -2.82. The Bertz CT molecular complexity index is 1060. The lowest BCUT2D eigenvalue weighted by atomic mass is 10.0. The van der Waals surface area contributed by atoms with Crippen LogP contribution in [-0.4, -0.2) is 38.2 Å². The zero-order valence-corrected chi connectivity index (χ0v) is 16.8. The van der Waals surface area contributed by atoms with Crippen molar-refractivity contribution in [1.29, 1.82) is 0 Å². The van der Waals surface area contributed by atoms with E-state index in [1.165, 1.54) is 12.1 Å². The van der Waals surface area contributed by atoms with Gasteiger partial charge < -0.3 is 10.2 Å². The highest BCUT2D eigenvalue weighted by Crippen LogP contribution is 2.32. The van der Waals surface area contributed by atoms with Crippen molar-refractivity contribution in [3.8, 4) is 0 Å². The Morgan fingerprint density at radius 2 is 1.97 bits per heavy atom. The summed E-state index contributed by atoms with van der Waals surface area (Å²) in [6, 6.07) is 6.98. The van der Waals surface area contributed by atoms with Gasteiger partial charge in [0, 0.05) is 30.9 Å². The van der Waals surface area contributed by atoms with E-state index in [1.54, 1.807) is 13.0 Å². The molecule has 7 nitrogen and oxygen atoms in total. The van der Waals surface area contributed by atoms with Gasteiger partial charge in [-0.2, -0.15) is 8.78 Å².